The predicted octanol–water partition coefficient (Wildman–Crippen LogP) is 4.03. The van der Waals surface area contributed by atoms with Gasteiger partial charge in [-0.2, -0.15) is 0 Å². The Hall–Kier alpha value is -1.30. The molecule has 2 rings (SSSR count). The Morgan fingerprint density at radius 2 is 1.07 bits per heavy atom. The normalized spacial score (nSPS) is 10.9. The first-order valence-electron chi connectivity index (χ1n) is 5.07. The molecule has 0 N–H and O–H groups in total. The highest BCUT2D eigenvalue weighted by Gasteiger charge is 2.13. The van der Waals surface area contributed by atoms with Gasteiger partial charge < -0.3 is 0 Å². The fourth-order valence-corrected chi connectivity index (χ4v) is 2.38. The van der Waals surface area contributed by atoms with Gasteiger partial charge in [-0.3, -0.25) is 0 Å². The number of rotatable bonds is 0. The van der Waals surface area contributed by atoms with Gasteiger partial charge in [-0.05, 0) is 61.1 Å². The van der Waals surface area contributed by atoms with Crippen molar-refractivity contribution >= 4 is 0 Å². The largest absolute Gasteiger partial charge is 0.0617 e. The van der Waals surface area contributed by atoms with Gasteiger partial charge in [0.25, 0.3) is 0 Å². The summed E-state index contributed by atoms with van der Waals surface area (Å²) in [4.78, 5) is 0. The van der Waals surface area contributed by atoms with Gasteiger partial charge in [0, 0.05) is 0 Å². The van der Waals surface area contributed by atoms with Crippen molar-refractivity contribution in [1.82, 2.24) is 0 Å². The molecule has 0 heteroatoms. The van der Waals surface area contributed by atoms with E-state index in [2.05, 4.69) is 52.0 Å². The van der Waals surface area contributed by atoms with Gasteiger partial charge in [0.1, 0.15) is 0 Å². The van der Waals surface area contributed by atoms with E-state index in [1.807, 2.05) is 0 Å². The summed E-state index contributed by atoms with van der Waals surface area (Å²) in [5, 5.41) is 0. The minimum Gasteiger partial charge on any atom is -0.0617 e. The molecular weight excluding hydrogens is 168 g/mol. The molecule has 0 bridgehead atoms. The molecule has 2 aliphatic carbocycles. The Bertz CT molecular complexity index is 413. The van der Waals surface area contributed by atoms with E-state index in [4.69, 9.17) is 0 Å². The summed E-state index contributed by atoms with van der Waals surface area (Å²) in [7, 11) is 0. The first kappa shape index (κ1) is 9.26. The van der Waals surface area contributed by atoms with Crippen LogP contribution in [0.1, 0.15) is 22.3 Å². The van der Waals surface area contributed by atoms with Crippen molar-refractivity contribution in [1.29, 1.82) is 0 Å². The van der Waals surface area contributed by atoms with E-state index in [0.717, 1.165) is 0 Å². The van der Waals surface area contributed by atoms with Crippen LogP contribution < -0.4 is 0 Å². The van der Waals surface area contributed by atoms with Crippen molar-refractivity contribution in [3.63, 3.8) is 0 Å². The van der Waals surface area contributed by atoms with Crippen LogP contribution in [0.2, 0.25) is 0 Å². The standard InChI is InChI=1S/C14H16/c1-9-6-5-7-10(2)14-12(4)8-11(3)13(9)14/h5-8H,1-4H3. The molecule has 0 atom stereocenters. The maximum Gasteiger partial charge on any atom is -0.0120 e. The Morgan fingerprint density at radius 3 is 1.50 bits per heavy atom. The molecule has 0 fully saturated rings. The van der Waals surface area contributed by atoms with E-state index >= 15 is 0 Å². The second kappa shape index (κ2) is 3.13. The third-order valence-corrected chi connectivity index (χ3v) is 2.95. The molecule has 72 valence electrons. The highest BCUT2D eigenvalue weighted by molar-refractivity contribution is 5.79. The van der Waals surface area contributed by atoms with Gasteiger partial charge in [0.05, 0.1) is 0 Å². The fraction of sp³-hybridized carbons (Fsp3) is 0.286. The predicted molar refractivity (Wildman–Crippen MR) is 62.0 cm³/mol. The van der Waals surface area contributed by atoms with E-state index in [1.165, 1.54) is 33.4 Å². The minimum atomic E-state index is 1.37. The van der Waals surface area contributed by atoms with Crippen LogP contribution in [0.3, 0.4) is 0 Å². The molecule has 14 heavy (non-hydrogen) atoms. The smallest absolute Gasteiger partial charge is 0.0120 e. The molecular formula is C14H16. The SMILES string of the molecule is Cc1cccc(C)c2c(C)cc(C)c1-2. The van der Waals surface area contributed by atoms with Crippen molar-refractivity contribution in [2.24, 2.45) is 0 Å². The van der Waals surface area contributed by atoms with Crippen LogP contribution in [0.15, 0.2) is 24.3 Å². The van der Waals surface area contributed by atoms with E-state index < -0.39 is 0 Å². The van der Waals surface area contributed by atoms with Crippen LogP contribution >= 0.6 is 0 Å². The van der Waals surface area contributed by atoms with Gasteiger partial charge in [0.2, 0.25) is 0 Å². The zero-order chi connectivity index (χ0) is 10.3. The molecule has 0 aliphatic heterocycles. The Kier molecular flexibility index (Phi) is 2.07. The molecule has 0 spiro atoms. The molecule has 0 unspecified atom stereocenters. The first-order chi connectivity index (χ1) is 6.61. The van der Waals surface area contributed by atoms with Crippen LogP contribution in [0.25, 0.3) is 11.1 Å². The van der Waals surface area contributed by atoms with Gasteiger partial charge in [0.15, 0.2) is 0 Å². The van der Waals surface area contributed by atoms with Gasteiger partial charge in [-0.25, -0.2) is 0 Å². The fourth-order valence-electron chi connectivity index (χ4n) is 2.38. The second-order valence-corrected chi connectivity index (χ2v) is 4.15. The van der Waals surface area contributed by atoms with Crippen molar-refractivity contribution < 1.29 is 0 Å². The Labute approximate surface area is 85.9 Å². The molecule has 0 aromatic carbocycles. The first-order valence-corrected chi connectivity index (χ1v) is 5.07. The Balaban J connectivity index is 2.91. The number of hydrogen-bond donors (Lipinski definition) is 0. The summed E-state index contributed by atoms with van der Waals surface area (Å²) >= 11 is 0. The maximum atomic E-state index is 2.28. The van der Waals surface area contributed by atoms with Crippen molar-refractivity contribution in [3.8, 4) is 11.1 Å². The summed E-state index contributed by atoms with van der Waals surface area (Å²) in [6.45, 7) is 8.77. The van der Waals surface area contributed by atoms with Crippen LogP contribution in [-0.4, -0.2) is 0 Å². The Morgan fingerprint density at radius 1 is 0.643 bits per heavy atom. The summed E-state index contributed by atoms with van der Waals surface area (Å²) < 4.78 is 0. The monoisotopic (exact) mass is 184 g/mol. The molecule has 0 nitrogen and oxygen atoms in total. The molecule has 0 aromatic heterocycles. The molecule has 0 radical (unpaired) electrons. The summed E-state index contributed by atoms with van der Waals surface area (Å²) in [5.41, 5.74) is 8.41. The lowest BCUT2D eigenvalue weighted by molar-refractivity contribution is 1.43. The maximum absolute atomic E-state index is 2.28. The topological polar surface area (TPSA) is 0 Å². The molecule has 2 aliphatic rings. The van der Waals surface area contributed by atoms with Gasteiger partial charge in [-0.1, -0.05) is 24.3 Å². The second-order valence-electron chi connectivity index (χ2n) is 4.15. The summed E-state index contributed by atoms with van der Waals surface area (Å²) in [5.74, 6) is 0. The van der Waals surface area contributed by atoms with Crippen LogP contribution in [0.4, 0.5) is 0 Å². The van der Waals surface area contributed by atoms with E-state index in [0.29, 0.717) is 0 Å². The van der Waals surface area contributed by atoms with Crippen molar-refractivity contribution in [2.45, 2.75) is 27.7 Å². The highest BCUT2D eigenvalue weighted by atomic mass is 14.2. The number of fused-ring (bicyclic) bond motifs is 1. The third kappa shape index (κ3) is 1.22. The van der Waals surface area contributed by atoms with Gasteiger partial charge in [-0.15, -0.1) is 0 Å². The summed E-state index contributed by atoms with van der Waals surface area (Å²) in [6, 6.07) is 8.82. The molecule has 0 saturated carbocycles. The average Bonchev–Trinajstić information content (AvgIpc) is 2.30. The lowest BCUT2D eigenvalue weighted by Crippen LogP contribution is -1.81. The zero-order valence-electron chi connectivity index (χ0n) is 9.31. The number of aryl methyl sites for hydroxylation is 4. The van der Waals surface area contributed by atoms with E-state index in [9.17, 15) is 0 Å². The average molecular weight is 184 g/mol. The highest BCUT2D eigenvalue weighted by Crippen LogP contribution is 2.35. The lowest BCUT2D eigenvalue weighted by atomic mass is 10.0. The van der Waals surface area contributed by atoms with E-state index in [-0.39, 0.29) is 0 Å². The van der Waals surface area contributed by atoms with E-state index in [1.54, 1.807) is 0 Å². The van der Waals surface area contributed by atoms with Crippen molar-refractivity contribution in [2.75, 3.05) is 0 Å². The summed E-state index contributed by atoms with van der Waals surface area (Å²) in [6.07, 6.45) is 0. The lowest BCUT2D eigenvalue weighted by Gasteiger charge is -2.03. The number of hydrogen-bond acceptors (Lipinski definition) is 0. The molecule has 0 saturated heterocycles. The zero-order valence-corrected chi connectivity index (χ0v) is 9.31. The van der Waals surface area contributed by atoms with Gasteiger partial charge >= 0.3 is 0 Å². The third-order valence-electron chi connectivity index (χ3n) is 2.95. The molecule has 0 amide bonds. The van der Waals surface area contributed by atoms with Crippen LogP contribution in [-0.2, 0) is 0 Å². The quantitative estimate of drug-likeness (QED) is 0.580. The molecule has 0 aromatic rings. The van der Waals surface area contributed by atoms with Crippen molar-refractivity contribution in [3.05, 3.63) is 46.5 Å². The minimum absolute atomic E-state index is 1.37. The molecule has 0 heterocycles. The van der Waals surface area contributed by atoms with Crippen LogP contribution in [0, 0.1) is 27.7 Å². The van der Waals surface area contributed by atoms with Crippen LogP contribution in [0.5, 0.6) is 0 Å².